The second kappa shape index (κ2) is 9.31. The fourth-order valence-corrected chi connectivity index (χ4v) is 3.04. The van der Waals surface area contributed by atoms with Crippen LogP contribution in [0.3, 0.4) is 0 Å². The van der Waals surface area contributed by atoms with Gasteiger partial charge in [0.05, 0.1) is 30.2 Å². The quantitative estimate of drug-likeness (QED) is 0.729. The van der Waals surface area contributed by atoms with Crippen molar-refractivity contribution in [2.45, 2.75) is 39.9 Å². The van der Waals surface area contributed by atoms with Crippen LogP contribution in [0.5, 0.6) is 0 Å². The SMILES string of the molecule is CC.Cc1ccc(N(C=O)c2ccccc2C#N)c(C2(C)OCCCO2)c1. The highest BCUT2D eigenvalue weighted by Crippen LogP contribution is 2.39. The van der Waals surface area contributed by atoms with E-state index < -0.39 is 5.79 Å². The molecule has 5 heteroatoms. The van der Waals surface area contributed by atoms with Gasteiger partial charge in [-0.3, -0.25) is 9.69 Å². The van der Waals surface area contributed by atoms with Crippen LogP contribution >= 0.6 is 0 Å². The number of nitriles is 1. The maximum Gasteiger partial charge on any atom is 0.218 e. The third-order valence-corrected chi connectivity index (χ3v) is 4.33. The highest BCUT2D eigenvalue weighted by atomic mass is 16.7. The summed E-state index contributed by atoms with van der Waals surface area (Å²) in [5.41, 5.74) is 3.41. The molecular weight excluding hydrogens is 340 g/mol. The van der Waals surface area contributed by atoms with Crippen LogP contribution in [-0.4, -0.2) is 19.6 Å². The van der Waals surface area contributed by atoms with Gasteiger partial charge < -0.3 is 9.47 Å². The fourth-order valence-electron chi connectivity index (χ4n) is 3.04. The van der Waals surface area contributed by atoms with Gasteiger partial charge in [0, 0.05) is 5.56 Å². The van der Waals surface area contributed by atoms with E-state index in [4.69, 9.17) is 9.47 Å². The van der Waals surface area contributed by atoms with Crippen molar-refractivity contribution in [3.63, 3.8) is 0 Å². The molecule has 0 bridgehead atoms. The van der Waals surface area contributed by atoms with Gasteiger partial charge in [-0.05, 0) is 44.5 Å². The second-order valence-electron chi connectivity index (χ2n) is 6.12. The third-order valence-electron chi connectivity index (χ3n) is 4.33. The summed E-state index contributed by atoms with van der Waals surface area (Å²) in [6.45, 7) is 9.04. The molecule has 142 valence electrons. The van der Waals surface area contributed by atoms with E-state index in [0.717, 1.165) is 24.0 Å². The van der Waals surface area contributed by atoms with E-state index in [9.17, 15) is 10.1 Å². The lowest BCUT2D eigenvalue weighted by Crippen LogP contribution is -2.36. The van der Waals surface area contributed by atoms with Crippen LogP contribution in [-0.2, 0) is 20.1 Å². The van der Waals surface area contributed by atoms with Crippen LogP contribution in [0.25, 0.3) is 0 Å². The number of carbonyl (C=O) groups is 1. The van der Waals surface area contributed by atoms with Gasteiger partial charge in [0.15, 0.2) is 5.79 Å². The predicted molar refractivity (Wildman–Crippen MR) is 106 cm³/mol. The first-order chi connectivity index (χ1) is 13.1. The van der Waals surface area contributed by atoms with Gasteiger partial charge in [-0.1, -0.05) is 37.6 Å². The number of nitrogens with zero attached hydrogens (tertiary/aromatic N) is 2. The van der Waals surface area contributed by atoms with Crippen molar-refractivity contribution in [2.75, 3.05) is 18.1 Å². The molecule has 1 aliphatic rings. The lowest BCUT2D eigenvalue weighted by atomic mass is 9.99. The number of hydrogen-bond donors (Lipinski definition) is 0. The first-order valence-corrected chi connectivity index (χ1v) is 9.22. The summed E-state index contributed by atoms with van der Waals surface area (Å²) in [4.78, 5) is 13.4. The molecular formula is C22H26N2O3. The Balaban J connectivity index is 0.00000126. The molecule has 1 aliphatic heterocycles. The third kappa shape index (κ3) is 4.36. The molecule has 3 rings (SSSR count). The van der Waals surface area contributed by atoms with Crippen LogP contribution in [0.2, 0.25) is 0 Å². The predicted octanol–water partition coefficient (Wildman–Crippen LogP) is 4.80. The van der Waals surface area contributed by atoms with E-state index in [1.54, 1.807) is 24.3 Å². The summed E-state index contributed by atoms with van der Waals surface area (Å²) in [6, 6.07) is 14.9. The molecule has 0 N–H and O–H groups in total. The Kier molecular flexibility index (Phi) is 7.12. The molecule has 0 saturated carbocycles. The van der Waals surface area contributed by atoms with E-state index in [0.29, 0.717) is 30.2 Å². The zero-order valence-corrected chi connectivity index (χ0v) is 16.4. The Morgan fingerprint density at radius 2 is 1.78 bits per heavy atom. The summed E-state index contributed by atoms with van der Waals surface area (Å²) < 4.78 is 11.8. The normalized spacial score (nSPS) is 15.1. The molecule has 1 heterocycles. The zero-order valence-electron chi connectivity index (χ0n) is 16.4. The molecule has 2 aromatic carbocycles. The molecule has 0 atom stereocenters. The van der Waals surface area contributed by atoms with Crippen LogP contribution in [0.4, 0.5) is 11.4 Å². The lowest BCUT2D eigenvalue weighted by Gasteiger charge is -2.37. The highest BCUT2D eigenvalue weighted by molar-refractivity contribution is 5.90. The van der Waals surface area contributed by atoms with Crippen molar-refractivity contribution < 1.29 is 14.3 Å². The van der Waals surface area contributed by atoms with Crippen LogP contribution in [0.1, 0.15) is 43.9 Å². The molecule has 1 fully saturated rings. The van der Waals surface area contributed by atoms with E-state index in [1.807, 2.05) is 45.9 Å². The number of hydrogen-bond acceptors (Lipinski definition) is 4. The number of ether oxygens (including phenoxy) is 2. The first kappa shape index (κ1) is 20.6. The largest absolute Gasteiger partial charge is 0.346 e. The van der Waals surface area contributed by atoms with Crippen molar-refractivity contribution in [1.29, 1.82) is 5.26 Å². The number of rotatable bonds is 4. The number of amides is 1. The van der Waals surface area contributed by atoms with Crippen molar-refractivity contribution >= 4 is 17.8 Å². The van der Waals surface area contributed by atoms with Gasteiger partial charge in [-0.15, -0.1) is 0 Å². The van der Waals surface area contributed by atoms with Crippen LogP contribution < -0.4 is 4.90 Å². The zero-order chi connectivity index (χ0) is 19.9. The topological polar surface area (TPSA) is 62.6 Å². The fraction of sp³-hybridized carbons (Fsp3) is 0.364. The van der Waals surface area contributed by atoms with E-state index in [1.165, 1.54) is 4.90 Å². The van der Waals surface area contributed by atoms with Crippen LogP contribution in [0, 0.1) is 18.3 Å². The summed E-state index contributed by atoms with van der Waals surface area (Å²) >= 11 is 0. The maximum absolute atomic E-state index is 11.9. The molecule has 27 heavy (non-hydrogen) atoms. The molecule has 0 unspecified atom stereocenters. The van der Waals surface area contributed by atoms with Crippen molar-refractivity contribution in [1.82, 2.24) is 0 Å². The average Bonchev–Trinajstić information content (AvgIpc) is 2.72. The standard InChI is InChI=1S/C20H20N2O3.C2H6/c1-15-8-9-19(17(12-15)20(2)24-10-5-11-25-20)22(14-23)18-7-4-3-6-16(18)13-21;1-2/h3-4,6-9,12,14H,5,10-11H2,1-2H3;1-2H3. The second-order valence-corrected chi connectivity index (χ2v) is 6.12. The molecule has 5 nitrogen and oxygen atoms in total. The first-order valence-electron chi connectivity index (χ1n) is 9.22. The summed E-state index contributed by atoms with van der Waals surface area (Å²) in [7, 11) is 0. The Morgan fingerprint density at radius 3 is 2.41 bits per heavy atom. The molecule has 0 aromatic heterocycles. The molecule has 0 spiro atoms. The van der Waals surface area contributed by atoms with E-state index in [-0.39, 0.29) is 0 Å². The number of para-hydroxylation sites is 1. The number of aryl methyl sites for hydroxylation is 1. The lowest BCUT2D eigenvalue weighted by molar-refractivity contribution is -0.264. The number of anilines is 2. The minimum Gasteiger partial charge on any atom is -0.346 e. The van der Waals surface area contributed by atoms with Crippen molar-refractivity contribution in [2.24, 2.45) is 0 Å². The van der Waals surface area contributed by atoms with Gasteiger partial charge in [-0.2, -0.15) is 5.26 Å². The van der Waals surface area contributed by atoms with Gasteiger partial charge in [0.25, 0.3) is 0 Å². The molecule has 2 aromatic rings. The van der Waals surface area contributed by atoms with Crippen molar-refractivity contribution in [3.8, 4) is 6.07 Å². The Hall–Kier alpha value is -2.68. The van der Waals surface area contributed by atoms with E-state index in [2.05, 4.69) is 6.07 Å². The van der Waals surface area contributed by atoms with Crippen molar-refractivity contribution in [3.05, 3.63) is 59.2 Å². The van der Waals surface area contributed by atoms with Gasteiger partial charge in [0.2, 0.25) is 6.41 Å². The Labute approximate surface area is 161 Å². The molecule has 0 radical (unpaired) electrons. The number of benzene rings is 2. The summed E-state index contributed by atoms with van der Waals surface area (Å²) in [6.07, 6.45) is 1.56. The summed E-state index contributed by atoms with van der Waals surface area (Å²) in [5.74, 6) is -0.928. The maximum atomic E-state index is 11.9. The minimum atomic E-state index is -0.928. The Morgan fingerprint density at radius 1 is 1.11 bits per heavy atom. The molecule has 1 saturated heterocycles. The Bertz CT molecular complexity index is 821. The van der Waals surface area contributed by atoms with Gasteiger partial charge in [-0.25, -0.2) is 0 Å². The highest BCUT2D eigenvalue weighted by Gasteiger charge is 2.35. The van der Waals surface area contributed by atoms with Gasteiger partial charge in [0.1, 0.15) is 6.07 Å². The smallest absolute Gasteiger partial charge is 0.218 e. The number of carbonyl (C=O) groups excluding carboxylic acids is 1. The monoisotopic (exact) mass is 366 g/mol. The minimum absolute atomic E-state index is 0.428. The molecule has 0 aliphatic carbocycles. The van der Waals surface area contributed by atoms with Crippen LogP contribution in [0.15, 0.2) is 42.5 Å². The van der Waals surface area contributed by atoms with Gasteiger partial charge >= 0.3 is 0 Å². The van der Waals surface area contributed by atoms with E-state index >= 15 is 0 Å². The molecule has 1 amide bonds. The summed E-state index contributed by atoms with van der Waals surface area (Å²) in [5, 5.41) is 9.38. The average molecular weight is 366 g/mol.